The van der Waals surface area contributed by atoms with Crippen LogP contribution in [0.25, 0.3) is 0 Å². The molecule has 2 rings (SSSR count). The predicted octanol–water partition coefficient (Wildman–Crippen LogP) is 2.06. The molecule has 1 aliphatic rings. The maximum atomic E-state index is 11.9. The number of amides is 1. The Morgan fingerprint density at radius 1 is 1.35 bits per heavy atom. The van der Waals surface area contributed by atoms with E-state index in [0.29, 0.717) is 18.3 Å². The van der Waals surface area contributed by atoms with Crippen molar-refractivity contribution in [1.82, 2.24) is 10.6 Å². The first kappa shape index (κ1) is 12.2. The second-order valence-corrected chi connectivity index (χ2v) is 4.60. The second-order valence-electron chi connectivity index (χ2n) is 4.60. The number of hydrogen-bond donors (Lipinski definition) is 2. The molecule has 1 fully saturated rings. The van der Waals surface area contributed by atoms with Crippen LogP contribution in [0.2, 0.25) is 0 Å². The van der Waals surface area contributed by atoms with Gasteiger partial charge in [0, 0.05) is 6.04 Å². The first-order valence-electron chi connectivity index (χ1n) is 6.34. The first-order chi connectivity index (χ1) is 8.29. The van der Waals surface area contributed by atoms with E-state index in [1.165, 1.54) is 19.3 Å². The van der Waals surface area contributed by atoms with Crippen molar-refractivity contribution < 1.29 is 9.21 Å². The Labute approximate surface area is 102 Å². The summed E-state index contributed by atoms with van der Waals surface area (Å²) in [5, 5.41) is 6.03. The van der Waals surface area contributed by atoms with Gasteiger partial charge >= 0.3 is 0 Å². The van der Waals surface area contributed by atoms with Crippen LogP contribution in [0.1, 0.15) is 48.4 Å². The molecule has 1 saturated carbocycles. The fourth-order valence-corrected chi connectivity index (χ4v) is 2.27. The van der Waals surface area contributed by atoms with Crippen molar-refractivity contribution in [2.45, 2.75) is 44.7 Å². The van der Waals surface area contributed by atoms with Crippen LogP contribution < -0.4 is 10.6 Å². The van der Waals surface area contributed by atoms with Crippen molar-refractivity contribution in [3.63, 3.8) is 0 Å². The average molecular weight is 236 g/mol. The fraction of sp³-hybridized carbons (Fsp3) is 0.615. The highest BCUT2D eigenvalue weighted by molar-refractivity contribution is 5.91. The molecule has 0 saturated heterocycles. The number of carbonyl (C=O) groups excluding carboxylic acids is 1. The van der Waals surface area contributed by atoms with E-state index in [0.717, 1.165) is 18.6 Å². The summed E-state index contributed by atoms with van der Waals surface area (Å²) in [6, 6.07) is 3.91. The van der Waals surface area contributed by atoms with Gasteiger partial charge in [-0.1, -0.05) is 19.3 Å². The molecule has 0 aromatic carbocycles. The molecule has 0 atom stereocenters. The van der Waals surface area contributed by atoms with E-state index in [4.69, 9.17) is 4.42 Å². The summed E-state index contributed by atoms with van der Waals surface area (Å²) < 4.78 is 5.45. The minimum absolute atomic E-state index is 0.0840. The van der Waals surface area contributed by atoms with Crippen molar-refractivity contribution in [3.8, 4) is 0 Å². The largest absolute Gasteiger partial charge is 0.455 e. The molecule has 4 nitrogen and oxygen atoms in total. The molecular formula is C13H20N2O2. The van der Waals surface area contributed by atoms with Gasteiger partial charge in [-0.3, -0.25) is 4.79 Å². The van der Waals surface area contributed by atoms with Crippen LogP contribution in [0.15, 0.2) is 16.5 Å². The highest BCUT2D eigenvalue weighted by atomic mass is 16.4. The molecule has 1 aromatic heterocycles. The maximum absolute atomic E-state index is 11.9. The first-order valence-corrected chi connectivity index (χ1v) is 6.34. The van der Waals surface area contributed by atoms with E-state index < -0.39 is 0 Å². The molecule has 17 heavy (non-hydrogen) atoms. The average Bonchev–Trinajstić information content (AvgIpc) is 2.79. The van der Waals surface area contributed by atoms with Crippen molar-refractivity contribution in [2.24, 2.45) is 0 Å². The van der Waals surface area contributed by atoms with Crippen LogP contribution in [0.3, 0.4) is 0 Å². The lowest BCUT2D eigenvalue weighted by atomic mass is 9.95. The minimum Gasteiger partial charge on any atom is -0.455 e. The predicted molar refractivity (Wildman–Crippen MR) is 65.8 cm³/mol. The number of rotatable bonds is 4. The van der Waals surface area contributed by atoms with Gasteiger partial charge in [-0.05, 0) is 32.0 Å². The van der Waals surface area contributed by atoms with Crippen LogP contribution >= 0.6 is 0 Å². The zero-order valence-corrected chi connectivity index (χ0v) is 10.3. The van der Waals surface area contributed by atoms with Crippen molar-refractivity contribution in [1.29, 1.82) is 0 Å². The van der Waals surface area contributed by atoms with Crippen LogP contribution in [0.4, 0.5) is 0 Å². The lowest BCUT2D eigenvalue weighted by molar-refractivity contribution is 0.0897. The summed E-state index contributed by atoms with van der Waals surface area (Å²) in [6.07, 6.45) is 5.91. The SMILES string of the molecule is CNCc1ccc(C(=O)NC2CCCCC2)o1. The van der Waals surface area contributed by atoms with E-state index in [9.17, 15) is 4.79 Å². The molecule has 1 amide bonds. The molecule has 2 N–H and O–H groups in total. The Kier molecular flexibility index (Phi) is 4.20. The monoisotopic (exact) mass is 236 g/mol. The van der Waals surface area contributed by atoms with Crippen LogP contribution in [0.5, 0.6) is 0 Å². The summed E-state index contributed by atoms with van der Waals surface area (Å²) in [6.45, 7) is 0.650. The normalized spacial score (nSPS) is 17.0. The molecule has 0 unspecified atom stereocenters. The fourth-order valence-electron chi connectivity index (χ4n) is 2.27. The van der Waals surface area contributed by atoms with Gasteiger partial charge in [0.1, 0.15) is 5.76 Å². The molecule has 0 radical (unpaired) electrons. The molecule has 1 heterocycles. The smallest absolute Gasteiger partial charge is 0.287 e. The lowest BCUT2D eigenvalue weighted by Crippen LogP contribution is -2.35. The molecule has 1 aliphatic carbocycles. The Morgan fingerprint density at radius 2 is 2.12 bits per heavy atom. The van der Waals surface area contributed by atoms with Gasteiger partial charge in [0.15, 0.2) is 5.76 Å². The zero-order valence-electron chi connectivity index (χ0n) is 10.3. The lowest BCUT2D eigenvalue weighted by Gasteiger charge is -2.22. The standard InChI is InChI=1S/C13H20N2O2/c1-14-9-11-7-8-12(17-11)13(16)15-10-5-3-2-4-6-10/h7-8,10,14H,2-6,9H2,1H3,(H,15,16). The van der Waals surface area contributed by atoms with E-state index >= 15 is 0 Å². The summed E-state index contributed by atoms with van der Waals surface area (Å²) in [4.78, 5) is 11.9. The summed E-state index contributed by atoms with van der Waals surface area (Å²) in [5.74, 6) is 1.13. The summed E-state index contributed by atoms with van der Waals surface area (Å²) in [5.41, 5.74) is 0. The topological polar surface area (TPSA) is 54.3 Å². The third-order valence-corrected chi connectivity index (χ3v) is 3.18. The molecule has 1 aromatic rings. The summed E-state index contributed by atoms with van der Waals surface area (Å²) in [7, 11) is 1.85. The van der Waals surface area contributed by atoms with E-state index in [1.54, 1.807) is 6.07 Å². The van der Waals surface area contributed by atoms with Gasteiger partial charge in [-0.15, -0.1) is 0 Å². The Morgan fingerprint density at radius 3 is 2.82 bits per heavy atom. The molecule has 0 bridgehead atoms. The van der Waals surface area contributed by atoms with Gasteiger partial charge < -0.3 is 15.1 Å². The number of furan rings is 1. The maximum Gasteiger partial charge on any atom is 0.287 e. The third kappa shape index (κ3) is 3.33. The highest BCUT2D eigenvalue weighted by Gasteiger charge is 2.18. The van der Waals surface area contributed by atoms with E-state index in [-0.39, 0.29) is 5.91 Å². The Bertz CT molecular complexity index is 367. The van der Waals surface area contributed by atoms with Crippen LogP contribution in [-0.4, -0.2) is 19.0 Å². The van der Waals surface area contributed by atoms with Crippen molar-refractivity contribution >= 4 is 5.91 Å². The molecule has 0 spiro atoms. The quantitative estimate of drug-likeness (QED) is 0.841. The Hall–Kier alpha value is -1.29. The second kappa shape index (κ2) is 5.87. The number of nitrogens with one attached hydrogen (secondary N) is 2. The van der Waals surface area contributed by atoms with Crippen LogP contribution in [0, 0.1) is 0 Å². The third-order valence-electron chi connectivity index (χ3n) is 3.18. The summed E-state index contributed by atoms with van der Waals surface area (Å²) >= 11 is 0. The Balaban J connectivity index is 1.89. The molecule has 4 heteroatoms. The van der Waals surface area contributed by atoms with Gasteiger partial charge in [0.2, 0.25) is 0 Å². The van der Waals surface area contributed by atoms with Gasteiger partial charge in [0.25, 0.3) is 5.91 Å². The van der Waals surface area contributed by atoms with E-state index in [2.05, 4.69) is 10.6 Å². The highest BCUT2D eigenvalue weighted by Crippen LogP contribution is 2.18. The molecule has 0 aliphatic heterocycles. The number of hydrogen-bond acceptors (Lipinski definition) is 3. The van der Waals surface area contributed by atoms with E-state index in [1.807, 2.05) is 13.1 Å². The van der Waals surface area contributed by atoms with Crippen molar-refractivity contribution in [2.75, 3.05) is 7.05 Å². The zero-order chi connectivity index (χ0) is 12.1. The van der Waals surface area contributed by atoms with Gasteiger partial charge in [0.05, 0.1) is 6.54 Å². The van der Waals surface area contributed by atoms with Crippen molar-refractivity contribution in [3.05, 3.63) is 23.7 Å². The van der Waals surface area contributed by atoms with Crippen LogP contribution in [-0.2, 0) is 6.54 Å². The van der Waals surface area contributed by atoms with Gasteiger partial charge in [-0.25, -0.2) is 0 Å². The molecular weight excluding hydrogens is 216 g/mol. The number of carbonyl (C=O) groups is 1. The molecule has 94 valence electrons. The minimum atomic E-state index is -0.0840. The van der Waals surface area contributed by atoms with Gasteiger partial charge in [-0.2, -0.15) is 0 Å².